The van der Waals surface area contributed by atoms with E-state index in [2.05, 4.69) is 47.2 Å². The van der Waals surface area contributed by atoms with Gasteiger partial charge in [0.2, 0.25) is 0 Å². The monoisotopic (exact) mass is 321 g/mol. The Bertz CT molecular complexity index is 568. The Labute approximate surface area is 122 Å². The average molecular weight is 322 g/mol. The number of hydrogen-bond acceptors (Lipinski definition) is 1. The van der Waals surface area contributed by atoms with Crippen LogP contribution < -0.4 is 5.32 Å². The zero-order valence-corrected chi connectivity index (χ0v) is 12.7. The van der Waals surface area contributed by atoms with Crippen LogP contribution in [0.2, 0.25) is 0 Å². The molecule has 1 atom stereocenters. The average Bonchev–Trinajstić information content (AvgIpc) is 2.38. The highest BCUT2D eigenvalue weighted by Crippen LogP contribution is 2.21. The van der Waals surface area contributed by atoms with E-state index in [-0.39, 0.29) is 11.9 Å². The molecule has 0 aliphatic heterocycles. The SMILES string of the molecule is Cc1ccccc1C(C)NCc1ccc(F)cc1Br. The van der Waals surface area contributed by atoms with Crippen molar-refractivity contribution >= 4 is 15.9 Å². The van der Waals surface area contributed by atoms with Gasteiger partial charge < -0.3 is 5.32 Å². The molecular weight excluding hydrogens is 305 g/mol. The number of aryl methyl sites for hydroxylation is 1. The van der Waals surface area contributed by atoms with Gasteiger partial charge in [-0.25, -0.2) is 4.39 Å². The van der Waals surface area contributed by atoms with Gasteiger partial charge in [-0.3, -0.25) is 0 Å². The standard InChI is InChI=1S/C16H17BrFN/c1-11-5-3-4-6-15(11)12(2)19-10-13-7-8-14(18)9-16(13)17/h3-9,12,19H,10H2,1-2H3. The second-order valence-corrected chi connectivity index (χ2v) is 5.55. The molecule has 0 spiro atoms. The molecule has 19 heavy (non-hydrogen) atoms. The lowest BCUT2D eigenvalue weighted by atomic mass is 10.0. The summed E-state index contributed by atoms with van der Waals surface area (Å²) in [5.74, 6) is -0.220. The molecule has 0 aliphatic rings. The van der Waals surface area contributed by atoms with Crippen LogP contribution >= 0.6 is 15.9 Å². The van der Waals surface area contributed by atoms with E-state index in [1.807, 2.05) is 12.1 Å². The lowest BCUT2D eigenvalue weighted by Gasteiger charge is -2.17. The van der Waals surface area contributed by atoms with Crippen molar-refractivity contribution in [2.75, 3.05) is 0 Å². The summed E-state index contributed by atoms with van der Waals surface area (Å²) in [5, 5.41) is 3.46. The van der Waals surface area contributed by atoms with Crippen molar-refractivity contribution in [1.82, 2.24) is 5.32 Å². The highest BCUT2D eigenvalue weighted by Gasteiger charge is 2.08. The van der Waals surface area contributed by atoms with E-state index in [0.717, 1.165) is 10.0 Å². The van der Waals surface area contributed by atoms with E-state index in [1.54, 1.807) is 6.07 Å². The third-order valence-corrected chi connectivity index (χ3v) is 4.01. The molecule has 0 saturated carbocycles. The normalized spacial score (nSPS) is 12.4. The minimum absolute atomic E-state index is 0.220. The van der Waals surface area contributed by atoms with Crippen molar-refractivity contribution in [3.05, 3.63) is 69.4 Å². The highest BCUT2D eigenvalue weighted by molar-refractivity contribution is 9.10. The number of halogens is 2. The van der Waals surface area contributed by atoms with Crippen LogP contribution in [-0.4, -0.2) is 0 Å². The first kappa shape index (κ1) is 14.2. The van der Waals surface area contributed by atoms with E-state index in [0.29, 0.717) is 6.54 Å². The predicted molar refractivity (Wildman–Crippen MR) is 80.5 cm³/mol. The lowest BCUT2D eigenvalue weighted by Crippen LogP contribution is -2.19. The molecule has 0 saturated heterocycles. The molecule has 3 heteroatoms. The van der Waals surface area contributed by atoms with Crippen LogP contribution in [0.15, 0.2) is 46.9 Å². The summed E-state index contributed by atoms with van der Waals surface area (Å²) in [6.45, 7) is 4.96. The van der Waals surface area contributed by atoms with Crippen LogP contribution in [0.3, 0.4) is 0 Å². The van der Waals surface area contributed by atoms with Gasteiger partial charge in [0.15, 0.2) is 0 Å². The zero-order valence-electron chi connectivity index (χ0n) is 11.1. The third-order valence-electron chi connectivity index (χ3n) is 3.27. The molecule has 0 heterocycles. The van der Waals surface area contributed by atoms with Gasteiger partial charge in [0, 0.05) is 17.1 Å². The van der Waals surface area contributed by atoms with E-state index in [4.69, 9.17) is 0 Å². The Balaban J connectivity index is 2.04. The van der Waals surface area contributed by atoms with Crippen molar-refractivity contribution in [3.63, 3.8) is 0 Å². The Morgan fingerprint density at radius 1 is 1.21 bits per heavy atom. The van der Waals surface area contributed by atoms with E-state index in [1.165, 1.54) is 23.3 Å². The Kier molecular flexibility index (Phi) is 4.72. The molecule has 1 unspecified atom stereocenters. The van der Waals surface area contributed by atoms with Crippen LogP contribution in [0, 0.1) is 12.7 Å². The Morgan fingerprint density at radius 2 is 1.95 bits per heavy atom. The quantitative estimate of drug-likeness (QED) is 0.857. The molecule has 0 radical (unpaired) electrons. The van der Waals surface area contributed by atoms with Gasteiger partial charge in [0.1, 0.15) is 5.82 Å². The summed E-state index contributed by atoms with van der Waals surface area (Å²) in [7, 11) is 0. The predicted octanol–water partition coefficient (Wildman–Crippen LogP) is 4.75. The van der Waals surface area contributed by atoms with Gasteiger partial charge in [0.05, 0.1) is 0 Å². The van der Waals surface area contributed by atoms with E-state index in [9.17, 15) is 4.39 Å². The van der Waals surface area contributed by atoms with Crippen LogP contribution in [0.5, 0.6) is 0 Å². The highest BCUT2D eigenvalue weighted by atomic mass is 79.9. The fraction of sp³-hybridized carbons (Fsp3) is 0.250. The molecule has 0 fully saturated rings. The first-order valence-electron chi connectivity index (χ1n) is 6.31. The Morgan fingerprint density at radius 3 is 2.63 bits per heavy atom. The van der Waals surface area contributed by atoms with E-state index < -0.39 is 0 Å². The van der Waals surface area contributed by atoms with Gasteiger partial charge in [0.25, 0.3) is 0 Å². The molecule has 0 aromatic heterocycles. The third kappa shape index (κ3) is 3.64. The lowest BCUT2D eigenvalue weighted by molar-refractivity contribution is 0.569. The number of nitrogens with one attached hydrogen (secondary N) is 1. The molecule has 2 rings (SSSR count). The van der Waals surface area contributed by atoms with Gasteiger partial charge in [-0.15, -0.1) is 0 Å². The van der Waals surface area contributed by atoms with Crippen LogP contribution in [0.4, 0.5) is 4.39 Å². The minimum Gasteiger partial charge on any atom is -0.306 e. The second kappa shape index (κ2) is 6.31. The summed E-state index contributed by atoms with van der Waals surface area (Å²) >= 11 is 3.39. The van der Waals surface area contributed by atoms with Crippen molar-refractivity contribution in [2.24, 2.45) is 0 Å². The fourth-order valence-corrected chi connectivity index (χ4v) is 2.60. The molecule has 0 amide bonds. The van der Waals surface area contributed by atoms with Crippen molar-refractivity contribution in [1.29, 1.82) is 0 Å². The van der Waals surface area contributed by atoms with Crippen molar-refractivity contribution < 1.29 is 4.39 Å². The Hall–Kier alpha value is -1.19. The first-order valence-corrected chi connectivity index (χ1v) is 7.10. The van der Waals surface area contributed by atoms with Crippen LogP contribution in [0.25, 0.3) is 0 Å². The fourth-order valence-electron chi connectivity index (χ4n) is 2.11. The summed E-state index contributed by atoms with van der Waals surface area (Å²) in [5.41, 5.74) is 3.63. The van der Waals surface area contributed by atoms with Crippen LogP contribution in [-0.2, 0) is 6.54 Å². The number of rotatable bonds is 4. The molecule has 2 aromatic rings. The molecule has 1 N–H and O–H groups in total. The number of benzene rings is 2. The molecule has 0 aliphatic carbocycles. The maximum Gasteiger partial charge on any atom is 0.124 e. The van der Waals surface area contributed by atoms with Crippen LogP contribution in [0.1, 0.15) is 29.7 Å². The smallest absolute Gasteiger partial charge is 0.124 e. The first-order chi connectivity index (χ1) is 9.08. The largest absolute Gasteiger partial charge is 0.306 e. The van der Waals surface area contributed by atoms with Gasteiger partial charge >= 0.3 is 0 Å². The van der Waals surface area contributed by atoms with Gasteiger partial charge in [-0.1, -0.05) is 46.3 Å². The zero-order chi connectivity index (χ0) is 13.8. The topological polar surface area (TPSA) is 12.0 Å². The molecule has 0 bridgehead atoms. The maximum atomic E-state index is 13.0. The molecular formula is C16H17BrFN. The van der Waals surface area contributed by atoms with Gasteiger partial charge in [-0.2, -0.15) is 0 Å². The summed E-state index contributed by atoms with van der Waals surface area (Å²) in [4.78, 5) is 0. The van der Waals surface area contributed by atoms with Crippen molar-refractivity contribution in [2.45, 2.75) is 26.4 Å². The molecule has 100 valence electrons. The number of hydrogen-bond donors (Lipinski definition) is 1. The molecule has 2 aromatic carbocycles. The van der Waals surface area contributed by atoms with E-state index >= 15 is 0 Å². The van der Waals surface area contributed by atoms with Gasteiger partial charge in [-0.05, 0) is 42.7 Å². The molecule has 1 nitrogen and oxygen atoms in total. The van der Waals surface area contributed by atoms with Crippen molar-refractivity contribution in [3.8, 4) is 0 Å². The minimum atomic E-state index is -0.220. The summed E-state index contributed by atoms with van der Waals surface area (Å²) in [6.07, 6.45) is 0. The second-order valence-electron chi connectivity index (χ2n) is 4.69. The maximum absolute atomic E-state index is 13.0. The summed E-state index contributed by atoms with van der Waals surface area (Å²) < 4.78 is 13.8. The summed E-state index contributed by atoms with van der Waals surface area (Å²) in [6, 6.07) is 13.4.